The lowest BCUT2D eigenvalue weighted by molar-refractivity contribution is -0.870. The van der Waals surface area contributed by atoms with Crippen LogP contribution in [0.1, 0.15) is 310 Å². The largest absolute Gasteiger partial charge is 0.756 e. The standard InChI is InChI=1S/C64H123N2O7P/c1-7-10-13-16-19-22-25-28-30-32-33-34-36-39-42-45-48-51-54-57-64(68)73-62(55-52-49-46-43-40-37-27-24-21-18-15-12-9-3)61(60-72-74(69,70)71-59-58-66(4,5)6)65-63(67)56-53-50-47-44-41-38-35-31-29-26-23-20-17-14-11-8-2/h31,35,38,41,52,55,61-62H,7-30,32-34,36-37,39-40,42-51,53-54,56-60H2,1-6H3,(H-,65,67,69,70)/b35-31+,41-38+,55-52+. The fourth-order valence-corrected chi connectivity index (χ4v) is 10.1. The Labute approximate surface area is 459 Å². The molecule has 0 rings (SSSR count). The Balaban J connectivity index is 5.28. The van der Waals surface area contributed by atoms with Crippen molar-refractivity contribution in [3.05, 3.63) is 36.5 Å². The monoisotopic (exact) mass is 1060 g/mol. The Hall–Kier alpha value is -1.77. The second-order valence-corrected chi connectivity index (χ2v) is 24.4. The molecule has 3 unspecified atom stereocenters. The molecule has 0 radical (unpaired) electrons. The molecule has 0 fully saturated rings. The third-order valence-corrected chi connectivity index (χ3v) is 15.3. The van der Waals surface area contributed by atoms with Crippen molar-refractivity contribution in [1.29, 1.82) is 0 Å². The zero-order valence-electron chi connectivity index (χ0n) is 49.8. The number of likely N-dealkylation sites (N-methyl/N-ethyl adjacent to an activating group) is 1. The van der Waals surface area contributed by atoms with Crippen LogP contribution >= 0.6 is 7.82 Å². The number of nitrogens with one attached hydrogen (secondary N) is 1. The van der Waals surface area contributed by atoms with Crippen molar-refractivity contribution in [3.8, 4) is 0 Å². The summed E-state index contributed by atoms with van der Waals surface area (Å²) in [6.45, 7) is 6.86. The second kappa shape index (κ2) is 54.6. The fraction of sp³-hybridized carbons (Fsp3) is 0.875. The van der Waals surface area contributed by atoms with Crippen LogP contribution in [0.15, 0.2) is 36.5 Å². The van der Waals surface area contributed by atoms with Gasteiger partial charge in [-0.05, 0) is 57.4 Å². The molecule has 3 atom stereocenters. The van der Waals surface area contributed by atoms with E-state index in [2.05, 4.69) is 50.4 Å². The maximum absolute atomic E-state index is 13.5. The molecule has 1 N–H and O–H groups in total. The van der Waals surface area contributed by atoms with Gasteiger partial charge in [0, 0.05) is 12.8 Å². The van der Waals surface area contributed by atoms with E-state index < -0.39 is 26.6 Å². The minimum Gasteiger partial charge on any atom is -0.756 e. The number of carbonyl (C=O) groups excluding carboxylic acids is 2. The molecule has 0 bridgehead atoms. The van der Waals surface area contributed by atoms with Crippen LogP contribution in [0.3, 0.4) is 0 Å². The van der Waals surface area contributed by atoms with E-state index >= 15 is 0 Å². The first-order valence-corrected chi connectivity index (χ1v) is 33.3. The van der Waals surface area contributed by atoms with Crippen molar-refractivity contribution in [1.82, 2.24) is 5.32 Å². The molecule has 0 heterocycles. The van der Waals surface area contributed by atoms with Gasteiger partial charge in [-0.25, -0.2) is 0 Å². The number of hydrogen-bond donors (Lipinski definition) is 1. The molecule has 0 aliphatic rings. The van der Waals surface area contributed by atoms with Crippen molar-refractivity contribution >= 4 is 19.7 Å². The highest BCUT2D eigenvalue weighted by atomic mass is 31.2. The predicted octanol–water partition coefficient (Wildman–Crippen LogP) is 18.9. The summed E-state index contributed by atoms with van der Waals surface area (Å²) in [6, 6.07) is -0.898. The van der Waals surface area contributed by atoms with E-state index in [4.69, 9.17) is 13.8 Å². The maximum atomic E-state index is 13.5. The molecular formula is C64H123N2O7P. The van der Waals surface area contributed by atoms with Gasteiger partial charge in [-0.3, -0.25) is 14.2 Å². The first-order chi connectivity index (χ1) is 35.9. The third kappa shape index (κ3) is 55.0. The van der Waals surface area contributed by atoms with Crippen molar-refractivity contribution < 1.29 is 37.3 Å². The van der Waals surface area contributed by atoms with Gasteiger partial charge in [0.25, 0.3) is 7.82 Å². The van der Waals surface area contributed by atoms with Crippen molar-refractivity contribution in [2.45, 2.75) is 322 Å². The Bertz CT molecular complexity index is 1360. The summed E-state index contributed by atoms with van der Waals surface area (Å²) >= 11 is 0. The summed E-state index contributed by atoms with van der Waals surface area (Å²) in [5, 5.41) is 3.02. The van der Waals surface area contributed by atoms with Gasteiger partial charge >= 0.3 is 5.97 Å². The molecule has 0 aromatic heterocycles. The zero-order chi connectivity index (χ0) is 54.3. The molecule has 0 aliphatic heterocycles. The second-order valence-electron chi connectivity index (χ2n) is 23.0. The Morgan fingerprint density at radius 3 is 1.20 bits per heavy atom. The number of phosphoric acid groups is 1. The number of quaternary nitrogens is 1. The first kappa shape index (κ1) is 72.2. The summed E-state index contributed by atoms with van der Waals surface area (Å²) in [4.78, 5) is 40.0. The van der Waals surface area contributed by atoms with E-state index in [-0.39, 0.29) is 31.3 Å². The molecule has 0 spiro atoms. The van der Waals surface area contributed by atoms with Crippen LogP contribution in [-0.2, 0) is 27.9 Å². The molecule has 74 heavy (non-hydrogen) atoms. The Morgan fingerprint density at radius 1 is 0.473 bits per heavy atom. The molecule has 0 aromatic rings. The quantitative estimate of drug-likeness (QED) is 0.0161. The predicted molar refractivity (Wildman–Crippen MR) is 316 cm³/mol. The normalized spacial score (nSPS) is 13.9. The summed E-state index contributed by atoms with van der Waals surface area (Å²) in [7, 11) is 1.18. The number of rotatable bonds is 58. The summed E-state index contributed by atoms with van der Waals surface area (Å²) in [5.74, 6) is -0.557. The fourth-order valence-electron chi connectivity index (χ4n) is 9.40. The van der Waals surface area contributed by atoms with Gasteiger partial charge in [0.1, 0.15) is 19.3 Å². The minimum absolute atomic E-state index is 0.0250. The summed E-state index contributed by atoms with van der Waals surface area (Å²) in [5.41, 5.74) is 0. The maximum Gasteiger partial charge on any atom is 0.306 e. The van der Waals surface area contributed by atoms with Gasteiger partial charge in [0.2, 0.25) is 5.91 Å². The number of carbonyl (C=O) groups is 2. The van der Waals surface area contributed by atoms with Gasteiger partial charge < -0.3 is 28.5 Å². The van der Waals surface area contributed by atoms with E-state index in [1.807, 2.05) is 33.3 Å². The van der Waals surface area contributed by atoms with Crippen LogP contribution in [0.5, 0.6) is 0 Å². The van der Waals surface area contributed by atoms with Gasteiger partial charge in [0.05, 0.1) is 33.8 Å². The number of allylic oxidation sites excluding steroid dienone is 5. The van der Waals surface area contributed by atoms with Crippen LogP contribution in [-0.4, -0.2) is 69.4 Å². The van der Waals surface area contributed by atoms with Crippen LogP contribution in [0.2, 0.25) is 0 Å². The average molecular weight is 1060 g/mol. The SMILES string of the molecule is CCCCCCCCC/C=C/C=C/CCCCCC(=O)NC(COP(=O)([O-])OCC[N+](C)(C)C)C(/C=C/CCCCCCCCCCCCC)OC(=O)CCCCCCCCCCCCCCCCCCCCC. The zero-order valence-corrected chi connectivity index (χ0v) is 50.7. The number of ether oxygens (including phenoxy) is 1. The summed E-state index contributed by atoms with van der Waals surface area (Å²) < 4.78 is 30.3. The smallest absolute Gasteiger partial charge is 0.306 e. The highest BCUT2D eigenvalue weighted by Crippen LogP contribution is 2.38. The number of unbranched alkanes of at least 4 members (excludes halogenated alkanes) is 39. The number of amides is 1. The first-order valence-electron chi connectivity index (χ1n) is 31.8. The Morgan fingerprint density at radius 2 is 0.811 bits per heavy atom. The van der Waals surface area contributed by atoms with Crippen molar-refractivity contribution in [2.75, 3.05) is 40.9 Å². The lowest BCUT2D eigenvalue weighted by Crippen LogP contribution is -2.47. The lowest BCUT2D eigenvalue weighted by atomic mass is 10.0. The van der Waals surface area contributed by atoms with E-state index in [0.717, 1.165) is 64.2 Å². The van der Waals surface area contributed by atoms with Crippen LogP contribution in [0.25, 0.3) is 0 Å². The average Bonchev–Trinajstić information content (AvgIpc) is 3.36. The van der Waals surface area contributed by atoms with Gasteiger partial charge in [-0.15, -0.1) is 0 Å². The highest BCUT2D eigenvalue weighted by molar-refractivity contribution is 7.45. The molecule has 0 saturated heterocycles. The Kier molecular flexibility index (Phi) is 53.3. The van der Waals surface area contributed by atoms with Crippen LogP contribution < -0.4 is 10.2 Å². The number of hydrogen-bond acceptors (Lipinski definition) is 7. The van der Waals surface area contributed by atoms with Crippen molar-refractivity contribution in [3.63, 3.8) is 0 Å². The van der Waals surface area contributed by atoms with Crippen LogP contribution in [0.4, 0.5) is 0 Å². The number of esters is 1. The molecular weight excluding hydrogens is 940 g/mol. The number of phosphoric ester groups is 1. The van der Waals surface area contributed by atoms with Crippen molar-refractivity contribution in [2.24, 2.45) is 0 Å². The number of nitrogens with zero attached hydrogens (tertiary/aromatic N) is 1. The highest BCUT2D eigenvalue weighted by Gasteiger charge is 2.27. The van der Waals surface area contributed by atoms with E-state index in [1.165, 1.54) is 205 Å². The third-order valence-electron chi connectivity index (χ3n) is 14.4. The van der Waals surface area contributed by atoms with Gasteiger partial charge in [-0.2, -0.15) is 0 Å². The molecule has 9 nitrogen and oxygen atoms in total. The lowest BCUT2D eigenvalue weighted by Gasteiger charge is -2.30. The molecule has 10 heteroatoms. The van der Waals surface area contributed by atoms with Gasteiger partial charge in [0.15, 0.2) is 0 Å². The topological polar surface area (TPSA) is 114 Å². The summed E-state index contributed by atoms with van der Waals surface area (Å²) in [6.07, 6.45) is 65.4. The molecule has 1 amide bonds. The molecule has 0 saturated carbocycles. The van der Waals surface area contributed by atoms with Crippen LogP contribution in [0, 0.1) is 0 Å². The van der Waals surface area contributed by atoms with Gasteiger partial charge in [-0.1, -0.05) is 276 Å². The van der Waals surface area contributed by atoms with E-state index in [0.29, 0.717) is 17.4 Å². The molecule has 0 aromatic carbocycles. The molecule has 0 aliphatic carbocycles. The molecule has 436 valence electrons. The van der Waals surface area contributed by atoms with E-state index in [1.54, 1.807) is 0 Å². The minimum atomic E-state index is -4.70. The van der Waals surface area contributed by atoms with E-state index in [9.17, 15) is 19.0 Å².